The maximum atomic E-state index is 6.85. The smallest absolute Gasteiger partial charge is 0.143 e. The molecular formula is C53H32N2O2. The summed E-state index contributed by atoms with van der Waals surface area (Å²) in [5, 5.41) is 6.80. The summed E-state index contributed by atoms with van der Waals surface area (Å²) < 4.78 is 15.5. The molecule has 0 aliphatic rings. The lowest BCUT2D eigenvalue weighted by Crippen LogP contribution is -1.92. The highest BCUT2D eigenvalue weighted by Crippen LogP contribution is 2.43. The number of rotatable bonds is 5. The Balaban J connectivity index is 1.04. The largest absolute Gasteiger partial charge is 0.456 e. The third-order valence-electron chi connectivity index (χ3n) is 11.4. The zero-order valence-electron chi connectivity index (χ0n) is 30.7. The maximum absolute atomic E-state index is 6.85. The number of nitrogens with zero attached hydrogens (tertiary/aromatic N) is 2. The van der Waals surface area contributed by atoms with Crippen molar-refractivity contribution in [3.8, 4) is 50.5 Å². The zero-order valence-corrected chi connectivity index (χ0v) is 30.7. The second kappa shape index (κ2) is 12.4. The van der Waals surface area contributed by atoms with Gasteiger partial charge in [-0.05, 0) is 83.4 Å². The molecule has 0 saturated carbocycles. The molecule has 8 aromatic carbocycles. The van der Waals surface area contributed by atoms with Crippen molar-refractivity contribution in [1.82, 2.24) is 9.55 Å². The summed E-state index contributed by atoms with van der Waals surface area (Å²) in [5.74, 6) is 0. The van der Waals surface area contributed by atoms with E-state index < -0.39 is 0 Å². The fourth-order valence-electron chi connectivity index (χ4n) is 8.79. The molecule has 0 aliphatic heterocycles. The molecule has 0 fully saturated rings. The van der Waals surface area contributed by atoms with E-state index in [0.29, 0.717) is 0 Å². The Morgan fingerprint density at radius 1 is 0.351 bits per heavy atom. The number of fused-ring (bicyclic) bond motifs is 9. The molecule has 12 aromatic rings. The molecule has 57 heavy (non-hydrogen) atoms. The number of hydrogen-bond acceptors (Lipinski definition) is 3. The van der Waals surface area contributed by atoms with Gasteiger partial charge in [0.15, 0.2) is 0 Å². The Hall–Kier alpha value is -7.69. The number of aromatic nitrogens is 2. The van der Waals surface area contributed by atoms with Gasteiger partial charge in [0.05, 0.1) is 22.4 Å². The Morgan fingerprint density at radius 3 is 1.88 bits per heavy atom. The van der Waals surface area contributed by atoms with Crippen molar-refractivity contribution in [2.45, 2.75) is 0 Å². The van der Waals surface area contributed by atoms with Crippen molar-refractivity contribution < 1.29 is 8.83 Å². The summed E-state index contributed by atoms with van der Waals surface area (Å²) in [6, 6.07) is 68.3. The van der Waals surface area contributed by atoms with Crippen molar-refractivity contribution in [3.63, 3.8) is 0 Å². The van der Waals surface area contributed by atoms with Gasteiger partial charge in [0, 0.05) is 54.7 Å². The molecule has 0 bridgehead atoms. The minimum atomic E-state index is 0.847. The van der Waals surface area contributed by atoms with E-state index >= 15 is 0 Å². The van der Waals surface area contributed by atoms with Gasteiger partial charge in [0.25, 0.3) is 0 Å². The monoisotopic (exact) mass is 728 g/mol. The van der Waals surface area contributed by atoms with Crippen LogP contribution in [-0.2, 0) is 0 Å². The summed E-state index contributed by atoms with van der Waals surface area (Å²) >= 11 is 0. The first-order valence-corrected chi connectivity index (χ1v) is 19.3. The van der Waals surface area contributed by atoms with E-state index in [9.17, 15) is 0 Å². The first-order chi connectivity index (χ1) is 28.2. The van der Waals surface area contributed by atoms with E-state index in [0.717, 1.165) is 94.3 Å². The standard InChI is InChI=1S/C53H32N2O2/c1-3-13-33(14-4-1)45-30-36(31-46(54-45)35-25-27-42-41-18-8-10-23-49(41)56-51(42)32-35)38-19-12-24-50-52(38)43-21-11-20-39(53(43)57-50)34-26-28-48-44(29-34)40-17-7-9-22-47(40)55(48)37-15-5-2-6-16-37/h1-32H. The average Bonchev–Trinajstić information content (AvgIpc) is 3.96. The SMILES string of the molecule is c1ccc(-c2cc(-c3cccc4oc5c(-c6ccc7c(c6)c6ccccc6n7-c6ccccc6)cccc5c34)cc(-c3ccc4c(c3)oc3ccccc34)n2)cc1. The lowest BCUT2D eigenvalue weighted by atomic mass is 9.95. The summed E-state index contributed by atoms with van der Waals surface area (Å²) in [4.78, 5) is 5.24. The van der Waals surface area contributed by atoms with Crippen molar-refractivity contribution in [3.05, 3.63) is 194 Å². The van der Waals surface area contributed by atoms with Crippen LogP contribution >= 0.6 is 0 Å². The molecule has 0 radical (unpaired) electrons. The van der Waals surface area contributed by atoms with Gasteiger partial charge in [-0.2, -0.15) is 0 Å². The fourth-order valence-corrected chi connectivity index (χ4v) is 8.79. The molecule has 266 valence electrons. The van der Waals surface area contributed by atoms with Crippen LogP contribution in [0.1, 0.15) is 0 Å². The van der Waals surface area contributed by atoms with Gasteiger partial charge in [-0.25, -0.2) is 4.98 Å². The number of furan rings is 2. The highest BCUT2D eigenvalue weighted by molar-refractivity contribution is 6.17. The van der Waals surface area contributed by atoms with Crippen LogP contribution in [-0.4, -0.2) is 9.55 Å². The first kappa shape index (κ1) is 31.6. The predicted molar refractivity (Wildman–Crippen MR) is 235 cm³/mol. The quantitative estimate of drug-likeness (QED) is 0.177. The topological polar surface area (TPSA) is 44.1 Å². The van der Waals surface area contributed by atoms with Crippen LogP contribution in [0, 0.1) is 0 Å². The minimum absolute atomic E-state index is 0.847. The van der Waals surface area contributed by atoms with Crippen molar-refractivity contribution in [2.75, 3.05) is 0 Å². The van der Waals surface area contributed by atoms with Gasteiger partial charge >= 0.3 is 0 Å². The Morgan fingerprint density at radius 2 is 1.00 bits per heavy atom. The summed E-state index contributed by atoms with van der Waals surface area (Å²) in [6.07, 6.45) is 0. The number of para-hydroxylation sites is 4. The van der Waals surface area contributed by atoms with Crippen LogP contribution in [0.4, 0.5) is 0 Å². The van der Waals surface area contributed by atoms with Crippen LogP contribution < -0.4 is 0 Å². The second-order valence-corrected chi connectivity index (χ2v) is 14.7. The summed E-state index contributed by atoms with van der Waals surface area (Å²) in [6.45, 7) is 0. The van der Waals surface area contributed by atoms with Gasteiger partial charge in [-0.3, -0.25) is 0 Å². The van der Waals surface area contributed by atoms with E-state index in [1.807, 2.05) is 18.2 Å². The predicted octanol–water partition coefficient (Wildman–Crippen LogP) is 14.6. The fraction of sp³-hybridized carbons (Fsp3) is 0. The maximum Gasteiger partial charge on any atom is 0.143 e. The lowest BCUT2D eigenvalue weighted by molar-refractivity contribution is 0.669. The number of hydrogen-bond donors (Lipinski definition) is 0. The molecule has 4 aromatic heterocycles. The molecular weight excluding hydrogens is 697 g/mol. The van der Waals surface area contributed by atoms with E-state index in [4.69, 9.17) is 13.8 Å². The van der Waals surface area contributed by atoms with E-state index in [2.05, 4.69) is 180 Å². The Labute approximate surface area is 327 Å². The molecule has 0 N–H and O–H groups in total. The zero-order chi connectivity index (χ0) is 37.5. The summed E-state index contributed by atoms with van der Waals surface area (Å²) in [5.41, 5.74) is 15.1. The molecule has 4 heterocycles. The highest BCUT2D eigenvalue weighted by Gasteiger charge is 2.20. The second-order valence-electron chi connectivity index (χ2n) is 14.7. The minimum Gasteiger partial charge on any atom is -0.456 e. The van der Waals surface area contributed by atoms with Gasteiger partial charge in [-0.1, -0.05) is 127 Å². The van der Waals surface area contributed by atoms with Crippen LogP contribution in [0.15, 0.2) is 203 Å². The van der Waals surface area contributed by atoms with Crippen molar-refractivity contribution in [2.24, 2.45) is 0 Å². The van der Waals surface area contributed by atoms with Gasteiger partial charge in [0.2, 0.25) is 0 Å². The van der Waals surface area contributed by atoms with Crippen molar-refractivity contribution in [1.29, 1.82) is 0 Å². The van der Waals surface area contributed by atoms with Crippen LogP contribution in [0.3, 0.4) is 0 Å². The van der Waals surface area contributed by atoms with Gasteiger partial charge in [0.1, 0.15) is 22.3 Å². The van der Waals surface area contributed by atoms with Crippen LogP contribution in [0.5, 0.6) is 0 Å². The summed E-state index contributed by atoms with van der Waals surface area (Å²) in [7, 11) is 0. The van der Waals surface area contributed by atoms with E-state index in [1.165, 1.54) is 21.8 Å². The van der Waals surface area contributed by atoms with Gasteiger partial charge in [-0.15, -0.1) is 0 Å². The molecule has 0 atom stereocenters. The third-order valence-corrected chi connectivity index (χ3v) is 11.4. The van der Waals surface area contributed by atoms with Crippen LogP contribution in [0.2, 0.25) is 0 Å². The molecule has 0 spiro atoms. The number of pyridine rings is 1. The molecule has 0 unspecified atom stereocenters. The van der Waals surface area contributed by atoms with Gasteiger partial charge < -0.3 is 13.4 Å². The van der Waals surface area contributed by atoms with E-state index in [1.54, 1.807) is 0 Å². The number of benzene rings is 8. The normalized spacial score (nSPS) is 11.9. The molecule has 0 aliphatic carbocycles. The lowest BCUT2D eigenvalue weighted by Gasteiger charge is -2.11. The highest BCUT2D eigenvalue weighted by atomic mass is 16.3. The van der Waals surface area contributed by atoms with Crippen molar-refractivity contribution >= 4 is 65.7 Å². The van der Waals surface area contributed by atoms with Crippen LogP contribution in [0.25, 0.3) is 116 Å². The molecule has 4 nitrogen and oxygen atoms in total. The Kier molecular flexibility index (Phi) is 6.89. The average molecular weight is 729 g/mol. The molecule has 0 amide bonds. The Bertz CT molecular complexity index is 3520. The molecule has 0 saturated heterocycles. The van der Waals surface area contributed by atoms with E-state index in [-0.39, 0.29) is 0 Å². The molecule has 4 heteroatoms. The first-order valence-electron chi connectivity index (χ1n) is 19.3. The molecule has 12 rings (SSSR count). The third kappa shape index (κ3) is 4.98.